The summed E-state index contributed by atoms with van der Waals surface area (Å²) < 4.78 is 0. The van der Waals surface area contributed by atoms with Gasteiger partial charge in [-0.2, -0.15) is 0 Å². The molecule has 1 aliphatic rings. The summed E-state index contributed by atoms with van der Waals surface area (Å²) in [5, 5.41) is 0. The van der Waals surface area contributed by atoms with E-state index in [1.165, 1.54) is 0 Å². The van der Waals surface area contributed by atoms with E-state index in [1.807, 2.05) is 6.07 Å². The lowest BCUT2D eigenvalue weighted by atomic mass is 9.99. The second-order valence-electron chi connectivity index (χ2n) is 4.26. The third-order valence-corrected chi connectivity index (χ3v) is 3.05. The number of nitrogens with zero attached hydrogens (tertiary/aromatic N) is 3. The lowest BCUT2D eigenvalue weighted by Crippen LogP contribution is -2.43. The number of piperidine rings is 1. The highest BCUT2D eigenvalue weighted by atomic mass is 16.1. The molecule has 1 atom stereocenters. The maximum atomic E-state index is 11.5. The Labute approximate surface area is 95.7 Å². The van der Waals surface area contributed by atoms with E-state index in [4.69, 9.17) is 0 Å². The number of hydrogen-bond donors (Lipinski definition) is 0. The van der Waals surface area contributed by atoms with Crippen molar-refractivity contribution in [3.63, 3.8) is 0 Å². The molecule has 4 heteroatoms. The molecule has 1 aliphatic heterocycles. The zero-order valence-corrected chi connectivity index (χ0v) is 9.59. The molecule has 86 valence electrons. The smallest absolute Gasteiger partial charge is 0.146 e. The van der Waals surface area contributed by atoms with E-state index in [0.717, 1.165) is 31.6 Å². The van der Waals surface area contributed by atoms with Crippen LogP contribution < -0.4 is 0 Å². The second-order valence-corrected chi connectivity index (χ2v) is 4.26. The Bertz CT molecular complexity index is 353. The van der Waals surface area contributed by atoms with Crippen molar-refractivity contribution < 1.29 is 4.79 Å². The number of rotatable bonds is 3. The van der Waals surface area contributed by atoms with E-state index in [1.54, 1.807) is 19.3 Å². The number of hydrogen-bond acceptors (Lipinski definition) is 4. The third kappa shape index (κ3) is 2.64. The maximum Gasteiger partial charge on any atom is 0.146 e. The number of Topliss-reactive ketones (excluding diaryl/α,β-unsaturated/α-hetero) is 1. The molecule has 0 aromatic carbocycles. The zero-order valence-electron chi connectivity index (χ0n) is 9.59. The van der Waals surface area contributed by atoms with Crippen LogP contribution in [0.5, 0.6) is 0 Å². The minimum Gasteiger partial charge on any atom is -0.298 e. The summed E-state index contributed by atoms with van der Waals surface area (Å²) in [6.45, 7) is 3.34. The molecule has 16 heavy (non-hydrogen) atoms. The normalized spacial score (nSPS) is 21.9. The van der Waals surface area contributed by atoms with E-state index in [9.17, 15) is 4.79 Å². The molecule has 4 nitrogen and oxygen atoms in total. The Morgan fingerprint density at radius 3 is 2.88 bits per heavy atom. The predicted octanol–water partition coefficient (Wildman–Crippen LogP) is 1.42. The molecule has 0 N–H and O–H groups in total. The first-order valence-corrected chi connectivity index (χ1v) is 5.78. The van der Waals surface area contributed by atoms with Crippen LogP contribution in [-0.2, 0) is 11.3 Å². The van der Waals surface area contributed by atoms with Crippen molar-refractivity contribution in [2.24, 2.45) is 0 Å². The van der Waals surface area contributed by atoms with Crippen LogP contribution in [0, 0.1) is 0 Å². The molecule has 0 radical (unpaired) electrons. The predicted molar refractivity (Wildman–Crippen MR) is 60.8 cm³/mol. The minimum atomic E-state index is 0.0672. The number of ketones is 1. The number of aromatic nitrogens is 2. The Morgan fingerprint density at radius 1 is 1.44 bits per heavy atom. The molecule has 0 amide bonds. The van der Waals surface area contributed by atoms with E-state index in [-0.39, 0.29) is 11.8 Å². The van der Waals surface area contributed by atoms with Gasteiger partial charge in [-0.25, -0.2) is 9.97 Å². The van der Waals surface area contributed by atoms with Gasteiger partial charge in [0, 0.05) is 12.4 Å². The van der Waals surface area contributed by atoms with Gasteiger partial charge >= 0.3 is 0 Å². The Kier molecular flexibility index (Phi) is 3.62. The highest BCUT2D eigenvalue weighted by molar-refractivity contribution is 5.81. The Morgan fingerprint density at radius 2 is 2.19 bits per heavy atom. The van der Waals surface area contributed by atoms with Gasteiger partial charge in [0.25, 0.3) is 0 Å². The van der Waals surface area contributed by atoms with Gasteiger partial charge < -0.3 is 0 Å². The Hall–Kier alpha value is -1.29. The first kappa shape index (κ1) is 11.2. The van der Waals surface area contributed by atoms with Crippen LogP contribution in [0.3, 0.4) is 0 Å². The van der Waals surface area contributed by atoms with Crippen molar-refractivity contribution in [3.05, 3.63) is 24.3 Å². The topological polar surface area (TPSA) is 46.1 Å². The molecule has 2 heterocycles. The summed E-state index contributed by atoms with van der Waals surface area (Å²) in [6, 6.07) is 1.87. The van der Waals surface area contributed by atoms with Gasteiger partial charge in [-0.1, -0.05) is 6.42 Å². The van der Waals surface area contributed by atoms with Crippen LogP contribution in [0.4, 0.5) is 0 Å². The van der Waals surface area contributed by atoms with Crippen LogP contribution in [0.15, 0.2) is 18.5 Å². The molecule has 1 saturated heterocycles. The summed E-state index contributed by atoms with van der Waals surface area (Å²) in [7, 11) is 0. The van der Waals surface area contributed by atoms with Crippen LogP contribution in [0.25, 0.3) is 0 Å². The molecule has 1 unspecified atom stereocenters. The van der Waals surface area contributed by atoms with Crippen LogP contribution in [0.2, 0.25) is 0 Å². The van der Waals surface area contributed by atoms with Crippen LogP contribution in [0.1, 0.15) is 32.0 Å². The Balaban J connectivity index is 2.04. The highest BCUT2D eigenvalue weighted by Crippen LogP contribution is 2.19. The fraction of sp³-hybridized carbons (Fsp3) is 0.583. The van der Waals surface area contributed by atoms with Gasteiger partial charge in [-0.05, 0) is 32.4 Å². The second kappa shape index (κ2) is 5.16. The minimum absolute atomic E-state index is 0.0672. The summed E-state index contributed by atoms with van der Waals surface area (Å²) in [4.78, 5) is 22.1. The van der Waals surface area contributed by atoms with E-state index in [0.29, 0.717) is 6.54 Å². The monoisotopic (exact) mass is 219 g/mol. The van der Waals surface area contributed by atoms with Gasteiger partial charge in [0.2, 0.25) is 0 Å². The SMILES string of the molecule is CC(=O)C1CCCCN1Cc1ncccn1. The number of likely N-dealkylation sites (tertiary alicyclic amines) is 1. The lowest BCUT2D eigenvalue weighted by Gasteiger charge is -2.33. The molecule has 1 fully saturated rings. The van der Waals surface area contributed by atoms with Crippen molar-refractivity contribution in [2.45, 2.75) is 38.8 Å². The molecule has 0 spiro atoms. The van der Waals surface area contributed by atoms with Gasteiger partial charge in [0.15, 0.2) is 0 Å². The van der Waals surface area contributed by atoms with Gasteiger partial charge in [-0.3, -0.25) is 9.69 Å². The number of carbonyl (C=O) groups is 1. The quantitative estimate of drug-likeness (QED) is 0.771. The van der Waals surface area contributed by atoms with Crippen molar-refractivity contribution in [2.75, 3.05) is 6.54 Å². The fourth-order valence-electron chi connectivity index (χ4n) is 2.23. The van der Waals surface area contributed by atoms with Crippen molar-refractivity contribution in [1.82, 2.24) is 14.9 Å². The largest absolute Gasteiger partial charge is 0.298 e. The summed E-state index contributed by atoms with van der Waals surface area (Å²) >= 11 is 0. The third-order valence-electron chi connectivity index (χ3n) is 3.05. The first-order chi connectivity index (χ1) is 7.77. The van der Waals surface area contributed by atoms with Gasteiger partial charge in [0.05, 0.1) is 12.6 Å². The molecule has 0 saturated carbocycles. The number of carbonyl (C=O) groups excluding carboxylic acids is 1. The van der Waals surface area contributed by atoms with Crippen molar-refractivity contribution in [1.29, 1.82) is 0 Å². The molecular formula is C12H17N3O. The average Bonchev–Trinajstić information content (AvgIpc) is 2.31. The molecule has 1 aromatic rings. The van der Waals surface area contributed by atoms with Crippen molar-refractivity contribution in [3.8, 4) is 0 Å². The fourth-order valence-corrected chi connectivity index (χ4v) is 2.23. The maximum absolute atomic E-state index is 11.5. The summed E-state index contributed by atoms with van der Waals surface area (Å²) in [5.41, 5.74) is 0. The molecule has 1 aromatic heterocycles. The standard InChI is InChI=1S/C12H17N3O/c1-10(16)11-5-2-3-8-15(11)9-12-13-6-4-7-14-12/h4,6-7,11H,2-3,5,8-9H2,1H3. The summed E-state index contributed by atoms with van der Waals surface area (Å²) in [6.07, 6.45) is 6.78. The molecule has 0 aliphatic carbocycles. The van der Waals surface area contributed by atoms with E-state index in [2.05, 4.69) is 14.9 Å². The molecular weight excluding hydrogens is 202 g/mol. The molecule has 2 rings (SSSR count). The first-order valence-electron chi connectivity index (χ1n) is 5.78. The van der Waals surface area contributed by atoms with E-state index < -0.39 is 0 Å². The van der Waals surface area contributed by atoms with Crippen molar-refractivity contribution >= 4 is 5.78 Å². The van der Waals surface area contributed by atoms with Gasteiger partial charge in [0.1, 0.15) is 11.6 Å². The van der Waals surface area contributed by atoms with Crippen LogP contribution in [-0.4, -0.2) is 33.2 Å². The van der Waals surface area contributed by atoms with Crippen LogP contribution >= 0.6 is 0 Å². The van der Waals surface area contributed by atoms with Gasteiger partial charge in [-0.15, -0.1) is 0 Å². The summed E-state index contributed by atoms with van der Waals surface area (Å²) in [5.74, 6) is 1.06. The zero-order chi connectivity index (χ0) is 11.4. The van der Waals surface area contributed by atoms with E-state index >= 15 is 0 Å². The molecule has 0 bridgehead atoms. The average molecular weight is 219 g/mol. The highest BCUT2D eigenvalue weighted by Gasteiger charge is 2.26. The lowest BCUT2D eigenvalue weighted by molar-refractivity contribution is -0.123.